The van der Waals surface area contributed by atoms with Gasteiger partial charge < -0.3 is 4.90 Å². The molecule has 4 rings (SSSR count). The summed E-state index contributed by atoms with van der Waals surface area (Å²) in [5.41, 5.74) is 1.20. The zero-order chi connectivity index (χ0) is 20.9. The Morgan fingerprint density at radius 1 is 1.00 bits per heavy atom. The molecule has 0 unspecified atom stereocenters. The van der Waals surface area contributed by atoms with Gasteiger partial charge in [-0.15, -0.1) is 5.10 Å². The Morgan fingerprint density at radius 2 is 1.83 bits per heavy atom. The zero-order valence-electron chi connectivity index (χ0n) is 16.4. The molecule has 1 fully saturated rings. The van der Waals surface area contributed by atoms with Gasteiger partial charge in [0.1, 0.15) is 11.6 Å². The molecule has 0 saturated carbocycles. The molecular formula is C21H22F2N6O. The number of carbonyl (C=O) groups is 1. The van der Waals surface area contributed by atoms with Crippen molar-refractivity contribution in [2.45, 2.75) is 19.5 Å². The van der Waals surface area contributed by atoms with Crippen LogP contribution in [0.5, 0.6) is 0 Å². The summed E-state index contributed by atoms with van der Waals surface area (Å²) in [5, 5.41) is 7.79. The second kappa shape index (κ2) is 9.08. The molecule has 1 aliphatic heterocycles. The lowest BCUT2D eigenvalue weighted by atomic mass is 10.2. The van der Waals surface area contributed by atoms with Crippen LogP contribution in [-0.2, 0) is 13.1 Å². The van der Waals surface area contributed by atoms with Crippen LogP contribution in [0.1, 0.15) is 28.0 Å². The van der Waals surface area contributed by atoms with Crippen molar-refractivity contribution in [2.75, 3.05) is 26.2 Å². The summed E-state index contributed by atoms with van der Waals surface area (Å²) in [6.45, 7) is 3.50. The van der Waals surface area contributed by atoms with E-state index in [4.69, 9.17) is 0 Å². The normalized spacial score (nSPS) is 15.2. The second-order valence-corrected chi connectivity index (χ2v) is 7.28. The number of benzene rings is 1. The van der Waals surface area contributed by atoms with Crippen LogP contribution in [0.15, 0.2) is 48.9 Å². The van der Waals surface area contributed by atoms with Crippen LogP contribution in [0.4, 0.5) is 8.78 Å². The Balaban J connectivity index is 1.38. The van der Waals surface area contributed by atoms with Crippen LogP contribution >= 0.6 is 0 Å². The average molecular weight is 412 g/mol. The minimum Gasteiger partial charge on any atom is -0.336 e. The third kappa shape index (κ3) is 4.68. The number of hydrogen-bond donors (Lipinski definition) is 0. The fraction of sp³-hybridized carbons (Fsp3) is 0.333. The van der Waals surface area contributed by atoms with Crippen LogP contribution < -0.4 is 0 Å². The maximum atomic E-state index is 13.8. The summed E-state index contributed by atoms with van der Waals surface area (Å²) in [6, 6.07) is 7.64. The van der Waals surface area contributed by atoms with E-state index in [1.165, 1.54) is 29.1 Å². The molecule has 0 bridgehead atoms. The molecule has 9 heteroatoms. The maximum absolute atomic E-state index is 13.8. The standard InChI is InChI=1S/C21H22F2N6O/c22-18-5-1-6-19(23)17(18)14-29-15-20(25-26-29)21(30)28-9-3-8-27(10-11-28)13-16-4-2-7-24-12-16/h1-2,4-7,12,15H,3,8-11,13-14H2. The summed E-state index contributed by atoms with van der Waals surface area (Å²) in [6.07, 6.45) is 5.89. The third-order valence-electron chi connectivity index (χ3n) is 5.14. The summed E-state index contributed by atoms with van der Waals surface area (Å²) in [5.74, 6) is -1.53. The molecule has 0 atom stereocenters. The highest BCUT2D eigenvalue weighted by Crippen LogP contribution is 2.14. The Morgan fingerprint density at radius 3 is 2.60 bits per heavy atom. The lowest BCUT2D eigenvalue weighted by molar-refractivity contribution is 0.0755. The molecule has 0 aliphatic carbocycles. The van der Waals surface area contributed by atoms with Crippen molar-refractivity contribution >= 4 is 5.91 Å². The van der Waals surface area contributed by atoms with Gasteiger partial charge in [-0.1, -0.05) is 17.3 Å². The fourth-order valence-electron chi connectivity index (χ4n) is 3.56. The topological polar surface area (TPSA) is 67.2 Å². The Labute approximate surface area is 172 Å². The first-order valence-corrected chi connectivity index (χ1v) is 9.84. The zero-order valence-corrected chi connectivity index (χ0v) is 16.4. The maximum Gasteiger partial charge on any atom is 0.276 e. The molecule has 2 aromatic heterocycles. The quantitative estimate of drug-likeness (QED) is 0.644. The molecule has 1 saturated heterocycles. The molecule has 7 nitrogen and oxygen atoms in total. The summed E-state index contributed by atoms with van der Waals surface area (Å²) in [4.78, 5) is 21.0. The Bertz CT molecular complexity index is 989. The molecule has 1 aliphatic rings. The smallest absolute Gasteiger partial charge is 0.276 e. The van der Waals surface area contributed by atoms with Crippen molar-refractivity contribution < 1.29 is 13.6 Å². The fourth-order valence-corrected chi connectivity index (χ4v) is 3.56. The minimum atomic E-state index is -0.653. The molecule has 1 amide bonds. The van der Waals surface area contributed by atoms with Crippen molar-refractivity contribution in [1.82, 2.24) is 29.8 Å². The number of pyridine rings is 1. The van der Waals surface area contributed by atoms with Gasteiger partial charge in [0.15, 0.2) is 5.69 Å². The number of amides is 1. The monoisotopic (exact) mass is 412 g/mol. The lowest BCUT2D eigenvalue weighted by Crippen LogP contribution is -2.35. The van der Waals surface area contributed by atoms with Crippen LogP contribution in [0.25, 0.3) is 0 Å². The number of carbonyl (C=O) groups excluding carboxylic acids is 1. The first-order chi connectivity index (χ1) is 14.6. The number of nitrogens with zero attached hydrogens (tertiary/aromatic N) is 6. The van der Waals surface area contributed by atoms with Crippen LogP contribution in [-0.4, -0.2) is 61.9 Å². The predicted octanol–water partition coefficient (Wildman–Crippen LogP) is 2.35. The third-order valence-corrected chi connectivity index (χ3v) is 5.14. The largest absolute Gasteiger partial charge is 0.336 e. The lowest BCUT2D eigenvalue weighted by Gasteiger charge is -2.21. The van der Waals surface area contributed by atoms with Gasteiger partial charge in [0, 0.05) is 50.7 Å². The van der Waals surface area contributed by atoms with Crippen LogP contribution in [0, 0.1) is 11.6 Å². The van der Waals surface area contributed by atoms with Crippen molar-refractivity contribution in [3.05, 3.63) is 77.4 Å². The molecule has 1 aromatic carbocycles. The van der Waals surface area contributed by atoms with E-state index in [0.717, 1.165) is 31.6 Å². The number of halogens is 2. The van der Waals surface area contributed by atoms with E-state index in [9.17, 15) is 13.6 Å². The number of hydrogen-bond acceptors (Lipinski definition) is 5. The number of rotatable bonds is 5. The minimum absolute atomic E-state index is 0.109. The molecule has 0 N–H and O–H groups in total. The second-order valence-electron chi connectivity index (χ2n) is 7.28. The summed E-state index contributed by atoms with van der Waals surface area (Å²) < 4.78 is 29.0. The van der Waals surface area contributed by atoms with Gasteiger partial charge in [-0.25, -0.2) is 13.5 Å². The Kier molecular flexibility index (Phi) is 6.08. The average Bonchev–Trinajstić information content (AvgIpc) is 3.10. The molecule has 156 valence electrons. The van der Waals surface area contributed by atoms with Gasteiger partial charge >= 0.3 is 0 Å². The van der Waals surface area contributed by atoms with E-state index in [0.29, 0.717) is 13.1 Å². The van der Waals surface area contributed by atoms with Gasteiger partial charge in [-0.05, 0) is 30.2 Å². The van der Waals surface area contributed by atoms with Crippen molar-refractivity contribution in [2.24, 2.45) is 0 Å². The predicted molar refractivity (Wildman–Crippen MR) is 106 cm³/mol. The summed E-state index contributed by atoms with van der Waals surface area (Å²) in [7, 11) is 0. The first kappa shape index (κ1) is 20.1. The van der Waals surface area contributed by atoms with E-state index < -0.39 is 11.6 Å². The van der Waals surface area contributed by atoms with Gasteiger partial charge in [0.05, 0.1) is 12.7 Å². The molecule has 0 spiro atoms. The molecule has 3 aromatic rings. The number of aromatic nitrogens is 4. The van der Waals surface area contributed by atoms with Gasteiger partial charge in [-0.3, -0.25) is 14.7 Å². The Hall–Kier alpha value is -3.20. The summed E-state index contributed by atoms with van der Waals surface area (Å²) >= 11 is 0. The van der Waals surface area contributed by atoms with E-state index in [-0.39, 0.29) is 23.7 Å². The van der Waals surface area contributed by atoms with Crippen molar-refractivity contribution in [3.8, 4) is 0 Å². The molecule has 0 radical (unpaired) electrons. The van der Waals surface area contributed by atoms with E-state index in [1.54, 1.807) is 11.1 Å². The molecule has 3 heterocycles. The van der Waals surface area contributed by atoms with Gasteiger partial charge in [0.25, 0.3) is 5.91 Å². The van der Waals surface area contributed by atoms with Gasteiger partial charge in [-0.2, -0.15) is 0 Å². The van der Waals surface area contributed by atoms with Crippen LogP contribution in [0.2, 0.25) is 0 Å². The van der Waals surface area contributed by atoms with Crippen LogP contribution in [0.3, 0.4) is 0 Å². The highest BCUT2D eigenvalue weighted by atomic mass is 19.1. The highest BCUT2D eigenvalue weighted by Gasteiger charge is 2.23. The van der Waals surface area contributed by atoms with Gasteiger partial charge in [0.2, 0.25) is 0 Å². The van der Waals surface area contributed by atoms with E-state index in [1.807, 2.05) is 18.3 Å². The van der Waals surface area contributed by atoms with E-state index in [2.05, 4.69) is 20.2 Å². The molecule has 30 heavy (non-hydrogen) atoms. The first-order valence-electron chi connectivity index (χ1n) is 9.84. The van der Waals surface area contributed by atoms with Crippen molar-refractivity contribution in [3.63, 3.8) is 0 Å². The van der Waals surface area contributed by atoms with E-state index >= 15 is 0 Å². The molecular weight excluding hydrogens is 390 g/mol. The SMILES string of the molecule is O=C(c1cn(Cc2c(F)cccc2F)nn1)N1CCCN(Cc2cccnc2)CC1. The van der Waals surface area contributed by atoms with Crippen molar-refractivity contribution in [1.29, 1.82) is 0 Å². The highest BCUT2D eigenvalue weighted by molar-refractivity contribution is 5.91.